The molecule has 2 amide bonds. The molecule has 0 radical (unpaired) electrons. The van der Waals surface area contributed by atoms with Gasteiger partial charge in [-0.1, -0.05) is 30.3 Å². The third-order valence-corrected chi connectivity index (χ3v) is 4.53. The van der Waals surface area contributed by atoms with Crippen LogP contribution in [0.2, 0.25) is 0 Å². The predicted octanol–water partition coefficient (Wildman–Crippen LogP) is -0.600. The molecule has 2 aliphatic heterocycles. The summed E-state index contributed by atoms with van der Waals surface area (Å²) < 4.78 is 15.1. The number of carboxylic acid groups (broad SMARTS) is 1. The number of nitrogens with one attached hydrogen (secondary N) is 1. The largest absolute Gasteiger partial charge is 0.478 e. The first-order valence-electron chi connectivity index (χ1n) is 8.15. The van der Waals surface area contributed by atoms with Crippen LogP contribution in [-0.2, 0) is 33.4 Å². The second kappa shape index (κ2) is 7.72. The molecule has 10 heteroatoms. The first-order chi connectivity index (χ1) is 13.0. The molecule has 5 unspecified atom stereocenters. The van der Waals surface area contributed by atoms with Crippen LogP contribution in [0, 0.1) is 0 Å². The van der Waals surface area contributed by atoms with Gasteiger partial charge in [-0.2, -0.15) is 0 Å². The molecular formula is C17H18N2O8. The van der Waals surface area contributed by atoms with Crippen LogP contribution in [0.5, 0.6) is 0 Å². The number of amides is 2. The van der Waals surface area contributed by atoms with Gasteiger partial charge in [-0.15, -0.1) is 0 Å². The standard InChI is InChI=1S/C17H18N2O8/c1-25-11-7-10-12(15(22)19(10)16(27-11)17(23)24)18-14(21)13(26-8-20)9-5-3-2-4-6-9/h2-6,8,10-13,16H,7H2,1H3,(H,18,21)(H,23,24). The number of hydrogen-bond acceptors (Lipinski definition) is 7. The molecule has 27 heavy (non-hydrogen) atoms. The van der Waals surface area contributed by atoms with E-state index >= 15 is 0 Å². The maximum atomic E-state index is 12.6. The van der Waals surface area contributed by atoms with E-state index < -0.39 is 48.5 Å². The van der Waals surface area contributed by atoms with Crippen molar-refractivity contribution in [3.05, 3.63) is 35.9 Å². The van der Waals surface area contributed by atoms with Crippen LogP contribution in [-0.4, -0.2) is 66.0 Å². The second-order valence-corrected chi connectivity index (χ2v) is 6.05. The summed E-state index contributed by atoms with van der Waals surface area (Å²) in [5.74, 6) is -2.60. The van der Waals surface area contributed by atoms with Crippen molar-refractivity contribution in [1.82, 2.24) is 10.2 Å². The molecule has 2 heterocycles. The molecule has 0 aromatic heterocycles. The Labute approximate surface area is 154 Å². The van der Waals surface area contributed by atoms with Crippen molar-refractivity contribution in [2.75, 3.05) is 7.11 Å². The molecule has 1 aromatic carbocycles. The van der Waals surface area contributed by atoms with E-state index in [1.165, 1.54) is 7.11 Å². The monoisotopic (exact) mass is 378 g/mol. The minimum atomic E-state index is -1.48. The van der Waals surface area contributed by atoms with Crippen molar-refractivity contribution in [2.45, 2.75) is 37.1 Å². The van der Waals surface area contributed by atoms with E-state index in [9.17, 15) is 24.3 Å². The van der Waals surface area contributed by atoms with Crippen molar-refractivity contribution in [3.63, 3.8) is 0 Å². The van der Waals surface area contributed by atoms with Crippen molar-refractivity contribution < 1.29 is 38.5 Å². The first kappa shape index (κ1) is 18.8. The van der Waals surface area contributed by atoms with Gasteiger partial charge < -0.3 is 24.6 Å². The minimum Gasteiger partial charge on any atom is -0.478 e. The van der Waals surface area contributed by atoms with Gasteiger partial charge in [0.05, 0.1) is 6.04 Å². The Morgan fingerprint density at radius 1 is 1.37 bits per heavy atom. The van der Waals surface area contributed by atoms with Crippen LogP contribution in [0.25, 0.3) is 0 Å². The van der Waals surface area contributed by atoms with Gasteiger partial charge in [0.2, 0.25) is 18.2 Å². The Kier molecular flexibility index (Phi) is 5.38. The normalized spacial score (nSPS) is 27.7. The van der Waals surface area contributed by atoms with Crippen LogP contribution < -0.4 is 5.32 Å². The fourth-order valence-electron chi connectivity index (χ4n) is 3.26. The fraction of sp³-hybridized carbons (Fsp3) is 0.412. The SMILES string of the molecule is COC1CC2C(NC(=O)C(OC=O)c3ccccc3)C(=O)N2C(C(=O)O)O1. The summed E-state index contributed by atoms with van der Waals surface area (Å²) in [6.45, 7) is 0.155. The van der Waals surface area contributed by atoms with Crippen molar-refractivity contribution >= 4 is 24.3 Å². The molecule has 3 rings (SSSR count). The lowest BCUT2D eigenvalue weighted by Crippen LogP contribution is -2.77. The number of carboxylic acids is 1. The summed E-state index contributed by atoms with van der Waals surface area (Å²) in [6, 6.07) is 6.76. The highest BCUT2D eigenvalue weighted by Crippen LogP contribution is 2.34. The molecule has 144 valence electrons. The molecule has 2 N–H and O–H groups in total. The average molecular weight is 378 g/mol. The van der Waals surface area contributed by atoms with Crippen LogP contribution >= 0.6 is 0 Å². The van der Waals surface area contributed by atoms with E-state index in [1.54, 1.807) is 30.3 Å². The van der Waals surface area contributed by atoms with E-state index in [0.717, 1.165) is 4.90 Å². The van der Waals surface area contributed by atoms with Crippen LogP contribution in [0.15, 0.2) is 30.3 Å². The predicted molar refractivity (Wildman–Crippen MR) is 86.8 cm³/mol. The van der Waals surface area contributed by atoms with Gasteiger partial charge in [0.15, 0.2) is 6.29 Å². The number of benzene rings is 1. The number of rotatable bonds is 7. The molecule has 0 aliphatic carbocycles. The van der Waals surface area contributed by atoms with E-state index in [2.05, 4.69) is 5.32 Å². The van der Waals surface area contributed by atoms with E-state index in [1.807, 2.05) is 0 Å². The van der Waals surface area contributed by atoms with Gasteiger partial charge in [0.1, 0.15) is 6.04 Å². The number of carbonyl (C=O) groups excluding carboxylic acids is 3. The Bertz CT molecular complexity index is 740. The smallest absolute Gasteiger partial charge is 0.354 e. The Hall–Kier alpha value is -2.98. The number of carbonyl (C=O) groups is 4. The van der Waals surface area contributed by atoms with Crippen molar-refractivity contribution in [2.24, 2.45) is 0 Å². The number of methoxy groups -OCH3 is 1. The zero-order valence-electron chi connectivity index (χ0n) is 14.3. The summed E-state index contributed by atoms with van der Waals surface area (Å²) in [4.78, 5) is 48.1. The second-order valence-electron chi connectivity index (χ2n) is 6.05. The Morgan fingerprint density at radius 2 is 2.07 bits per heavy atom. The molecule has 2 saturated heterocycles. The Balaban J connectivity index is 1.75. The lowest BCUT2D eigenvalue weighted by molar-refractivity contribution is -0.262. The summed E-state index contributed by atoms with van der Waals surface area (Å²) in [5, 5.41) is 11.8. The maximum Gasteiger partial charge on any atom is 0.354 e. The van der Waals surface area contributed by atoms with Gasteiger partial charge in [0, 0.05) is 19.1 Å². The number of fused-ring (bicyclic) bond motifs is 1. The summed E-state index contributed by atoms with van der Waals surface area (Å²) >= 11 is 0. The zero-order valence-corrected chi connectivity index (χ0v) is 14.3. The summed E-state index contributed by atoms with van der Waals surface area (Å²) in [6.07, 6.45) is -3.33. The highest BCUT2D eigenvalue weighted by molar-refractivity contribution is 5.97. The van der Waals surface area contributed by atoms with Gasteiger partial charge in [0.25, 0.3) is 12.4 Å². The summed E-state index contributed by atoms with van der Waals surface area (Å²) in [7, 11) is 1.36. The third-order valence-electron chi connectivity index (χ3n) is 4.53. The molecule has 1 aromatic rings. The van der Waals surface area contributed by atoms with Gasteiger partial charge >= 0.3 is 5.97 Å². The number of aliphatic carboxylic acids is 1. The first-order valence-corrected chi connectivity index (χ1v) is 8.15. The minimum absolute atomic E-state index is 0.155. The van der Waals surface area contributed by atoms with Crippen LogP contribution in [0.3, 0.4) is 0 Å². The van der Waals surface area contributed by atoms with Crippen LogP contribution in [0.1, 0.15) is 18.1 Å². The summed E-state index contributed by atoms with van der Waals surface area (Å²) in [5.41, 5.74) is 0.441. The van der Waals surface area contributed by atoms with Gasteiger partial charge in [-0.25, -0.2) is 4.79 Å². The zero-order chi connectivity index (χ0) is 19.6. The quantitative estimate of drug-likeness (QED) is 0.475. The molecule has 2 aliphatic rings. The highest BCUT2D eigenvalue weighted by Gasteiger charge is 2.57. The molecule has 0 spiro atoms. The molecule has 0 bridgehead atoms. The van der Waals surface area contributed by atoms with Crippen LogP contribution in [0.4, 0.5) is 0 Å². The van der Waals surface area contributed by atoms with Gasteiger partial charge in [-0.05, 0) is 0 Å². The van der Waals surface area contributed by atoms with Gasteiger partial charge in [-0.3, -0.25) is 19.3 Å². The highest BCUT2D eigenvalue weighted by atomic mass is 16.7. The molecule has 5 atom stereocenters. The van der Waals surface area contributed by atoms with Crippen molar-refractivity contribution in [3.8, 4) is 0 Å². The lowest BCUT2D eigenvalue weighted by Gasteiger charge is -2.53. The average Bonchev–Trinajstić information content (AvgIpc) is 2.69. The maximum absolute atomic E-state index is 12.6. The number of nitrogens with zero attached hydrogens (tertiary/aromatic N) is 1. The van der Waals surface area contributed by atoms with E-state index in [-0.39, 0.29) is 12.9 Å². The molecule has 2 fully saturated rings. The number of β-lactam (4-membered cyclic amide) rings is 1. The topological polar surface area (TPSA) is 131 Å². The fourth-order valence-corrected chi connectivity index (χ4v) is 3.26. The van der Waals surface area contributed by atoms with Crippen molar-refractivity contribution in [1.29, 1.82) is 0 Å². The number of ether oxygens (including phenoxy) is 3. The lowest BCUT2D eigenvalue weighted by atomic mass is 9.89. The Morgan fingerprint density at radius 3 is 2.67 bits per heavy atom. The number of hydrogen-bond donors (Lipinski definition) is 2. The molecule has 0 saturated carbocycles. The third kappa shape index (κ3) is 3.49. The van der Waals surface area contributed by atoms with E-state index in [4.69, 9.17) is 14.2 Å². The molecular weight excluding hydrogens is 360 g/mol. The van der Waals surface area contributed by atoms with E-state index in [0.29, 0.717) is 5.56 Å². The molecule has 10 nitrogen and oxygen atoms in total.